The summed E-state index contributed by atoms with van der Waals surface area (Å²) in [6, 6.07) is 2.41. The van der Waals surface area contributed by atoms with Gasteiger partial charge in [-0.25, -0.2) is 8.78 Å². The van der Waals surface area contributed by atoms with Crippen LogP contribution < -0.4 is 5.32 Å². The van der Waals surface area contributed by atoms with Crippen molar-refractivity contribution in [1.29, 1.82) is 0 Å². The van der Waals surface area contributed by atoms with Crippen molar-refractivity contribution in [3.05, 3.63) is 34.9 Å². The van der Waals surface area contributed by atoms with Gasteiger partial charge >= 0.3 is 0 Å². The fourth-order valence-electron chi connectivity index (χ4n) is 2.11. The first-order valence-electron chi connectivity index (χ1n) is 5.32. The number of halogens is 2. The third kappa shape index (κ3) is 2.34. The van der Waals surface area contributed by atoms with Gasteiger partial charge in [0.05, 0.1) is 0 Å². The zero-order chi connectivity index (χ0) is 10.8. The molecule has 1 aliphatic heterocycles. The predicted molar refractivity (Wildman–Crippen MR) is 55.8 cm³/mol. The summed E-state index contributed by atoms with van der Waals surface area (Å²) in [6.45, 7) is 3.69. The van der Waals surface area contributed by atoms with Crippen molar-refractivity contribution in [2.45, 2.75) is 19.8 Å². The van der Waals surface area contributed by atoms with E-state index in [0.717, 1.165) is 37.6 Å². The van der Waals surface area contributed by atoms with E-state index in [4.69, 9.17) is 0 Å². The minimum Gasteiger partial charge on any atom is -0.316 e. The second-order valence-electron chi connectivity index (χ2n) is 4.23. The molecule has 1 heterocycles. The molecule has 2 rings (SSSR count). The molecule has 1 unspecified atom stereocenters. The van der Waals surface area contributed by atoms with Crippen molar-refractivity contribution in [3.63, 3.8) is 0 Å². The Morgan fingerprint density at radius 2 is 2.20 bits per heavy atom. The molecule has 1 aromatic rings. The summed E-state index contributed by atoms with van der Waals surface area (Å²) >= 11 is 0. The predicted octanol–water partition coefficient (Wildman–Crippen LogP) is 2.43. The molecule has 1 aromatic carbocycles. The van der Waals surface area contributed by atoms with Crippen molar-refractivity contribution < 1.29 is 8.78 Å². The molecule has 1 fully saturated rings. The summed E-state index contributed by atoms with van der Waals surface area (Å²) in [5, 5.41) is 3.25. The van der Waals surface area contributed by atoms with Crippen molar-refractivity contribution >= 4 is 0 Å². The summed E-state index contributed by atoms with van der Waals surface area (Å²) < 4.78 is 26.3. The third-order valence-corrected chi connectivity index (χ3v) is 3.09. The highest BCUT2D eigenvalue weighted by Crippen LogP contribution is 2.21. The highest BCUT2D eigenvalue weighted by atomic mass is 19.1. The Balaban J connectivity index is 2.19. The molecule has 1 saturated heterocycles. The summed E-state index contributed by atoms with van der Waals surface area (Å²) in [7, 11) is 0. The van der Waals surface area contributed by atoms with Crippen LogP contribution in [0.15, 0.2) is 12.1 Å². The fourth-order valence-corrected chi connectivity index (χ4v) is 2.11. The van der Waals surface area contributed by atoms with Gasteiger partial charge in [-0.3, -0.25) is 0 Å². The molecule has 0 spiro atoms. The number of rotatable bonds is 2. The molecule has 0 aliphatic carbocycles. The molecule has 1 aliphatic rings. The Kier molecular flexibility index (Phi) is 3.00. The molecule has 0 bridgehead atoms. The lowest BCUT2D eigenvalue weighted by Crippen LogP contribution is -2.11. The van der Waals surface area contributed by atoms with Crippen LogP contribution in [0, 0.1) is 24.5 Å². The molecule has 3 heteroatoms. The minimum atomic E-state index is -0.473. The van der Waals surface area contributed by atoms with Crippen LogP contribution in [0.1, 0.15) is 17.5 Å². The van der Waals surface area contributed by atoms with E-state index < -0.39 is 11.6 Å². The van der Waals surface area contributed by atoms with Crippen LogP contribution in [0.5, 0.6) is 0 Å². The molecule has 1 N–H and O–H groups in total. The molecule has 0 radical (unpaired) electrons. The van der Waals surface area contributed by atoms with Crippen LogP contribution in [0.2, 0.25) is 0 Å². The zero-order valence-corrected chi connectivity index (χ0v) is 8.82. The van der Waals surface area contributed by atoms with Gasteiger partial charge in [-0.15, -0.1) is 0 Å². The average Bonchev–Trinajstić information content (AvgIpc) is 2.66. The maximum Gasteiger partial charge on any atom is 0.129 e. The first-order valence-corrected chi connectivity index (χ1v) is 5.32. The Labute approximate surface area is 88.5 Å². The summed E-state index contributed by atoms with van der Waals surface area (Å²) in [5.41, 5.74) is 1.39. The van der Waals surface area contributed by atoms with Gasteiger partial charge in [-0.1, -0.05) is 0 Å². The molecule has 0 aromatic heterocycles. The van der Waals surface area contributed by atoms with Crippen LogP contribution in [0.4, 0.5) is 8.78 Å². The highest BCUT2D eigenvalue weighted by molar-refractivity contribution is 5.28. The smallest absolute Gasteiger partial charge is 0.129 e. The maximum atomic E-state index is 13.3. The van der Waals surface area contributed by atoms with Gasteiger partial charge in [0.15, 0.2) is 0 Å². The SMILES string of the molecule is Cc1c(F)cc(F)cc1CC1CCNC1. The van der Waals surface area contributed by atoms with Crippen molar-refractivity contribution in [3.8, 4) is 0 Å². The molecule has 1 nitrogen and oxygen atoms in total. The molecular formula is C12H15F2N. The first-order chi connectivity index (χ1) is 7.16. The quantitative estimate of drug-likeness (QED) is 0.792. The Hall–Kier alpha value is -0.960. The van der Waals surface area contributed by atoms with Crippen LogP contribution in [-0.2, 0) is 6.42 Å². The van der Waals surface area contributed by atoms with Gasteiger partial charge in [0.1, 0.15) is 11.6 Å². The number of hydrogen-bond acceptors (Lipinski definition) is 1. The van der Waals surface area contributed by atoms with Gasteiger partial charge in [-0.05, 0) is 56.0 Å². The normalized spacial score (nSPS) is 20.9. The van der Waals surface area contributed by atoms with Gasteiger partial charge in [0.25, 0.3) is 0 Å². The van der Waals surface area contributed by atoms with Crippen LogP contribution in [-0.4, -0.2) is 13.1 Å². The van der Waals surface area contributed by atoms with Crippen molar-refractivity contribution in [1.82, 2.24) is 5.32 Å². The van der Waals surface area contributed by atoms with E-state index in [1.54, 1.807) is 6.92 Å². The number of hydrogen-bond donors (Lipinski definition) is 1. The lowest BCUT2D eigenvalue weighted by molar-refractivity contribution is 0.549. The molecule has 0 amide bonds. The van der Waals surface area contributed by atoms with E-state index in [9.17, 15) is 8.78 Å². The standard InChI is InChI=1S/C12H15F2N/c1-8-10(4-9-2-3-15-7-9)5-11(13)6-12(8)14/h5-6,9,15H,2-4,7H2,1H3. The molecule has 0 saturated carbocycles. The highest BCUT2D eigenvalue weighted by Gasteiger charge is 2.17. The molecular weight excluding hydrogens is 196 g/mol. The third-order valence-electron chi connectivity index (χ3n) is 3.09. The molecule has 15 heavy (non-hydrogen) atoms. The van der Waals surface area contributed by atoms with Crippen molar-refractivity contribution in [2.24, 2.45) is 5.92 Å². The van der Waals surface area contributed by atoms with E-state index >= 15 is 0 Å². The van der Waals surface area contributed by atoms with E-state index in [2.05, 4.69) is 5.32 Å². The van der Waals surface area contributed by atoms with Gasteiger partial charge in [0, 0.05) is 6.07 Å². The second-order valence-corrected chi connectivity index (χ2v) is 4.23. The van der Waals surface area contributed by atoms with Crippen LogP contribution in [0.3, 0.4) is 0 Å². The minimum absolute atomic E-state index is 0.434. The monoisotopic (exact) mass is 211 g/mol. The largest absolute Gasteiger partial charge is 0.316 e. The molecule has 1 atom stereocenters. The van der Waals surface area contributed by atoms with Gasteiger partial charge < -0.3 is 5.32 Å². The first kappa shape index (κ1) is 10.6. The lowest BCUT2D eigenvalue weighted by atomic mass is 9.95. The Morgan fingerprint density at radius 1 is 1.40 bits per heavy atom. The Bertz CT molecular complexity index is 357. The lowest BCUT2D eigenvalue weighted by Gasteiger charge is -2.11. The van der Waals surface area contributed by atoms with E-state index in [1.165, 1.54) is 6.07 Å². The van der Waals surface area contributed by atoms with Crippen LogP contribution in [0.25, 0.3) is 0 Å². The van der Waals surface area contributed by atoms with E-state index in [-0.39, 0.29) is 0 Å². The topological polar surface area (TPSA) is 12.0 Å². The van der Waals surface area contributed by atoms with Crippen molar-refractivity contribution in [2.75, 3.05) is 13.1 Å². The van der Waals surface area contributed by atoms with Gasteiger partial charge in [-0.2, -0.15) is 0 Å². The number of benzene rings is 1. The maximum absolute atomic E-state index is 13.3. The average molecular weight is 211 g/mol. The van der Waals surface area contributed by atoms with E-state index in [1.807, 2.05) is 0 Å². The zero-order valence-electron chi connectivity index (χ0n) is 8.82. The summed E-state index contributed by atoms with van der Waals surface area (Å²) in [6.07, 6.45) is 1.87. The summed E-state index contributed by atoms with van der Waals surface area (Å²) in [5.74, 6) is -0.389. The van der Waals surface area contributed by atoms with Crippen LogP contribution >= 0.6 is 0 Å². The second kappa shape index (κ2) is 4.27. The van der Waals surface area contributed by atoms with E-state index in [0.29, 0.717) is 11.5 Å². The fraction of sp³-hybridized carbons (Fsp3) is 0.500. The Morgan fingerprint density at radius 3 is 2.87 bits per heavy atom. The molecule has 82 valence electrons. The summed E-state index contributed by atoms with van der Waals surface area (Å²) in [4.78, 5) is 0. The van der Waals surface area contributed by atoms with Gasteiger partial charge in [0.2, 0.25) is 0 Å². The number of nitrogens with one attached hydrogen (secondary N) is 1.